The largest absolute Gasteiger partial charge is 0.495 e. The van der Waals surface area contributed by atoms with E-state index in [0.717, 1.165) is 15.5 Å². The Morgan fingerprint density at radius 1 is 1.06 bits per heavy atom. The van der Waals surface area contributed by atoms with Gasteiger partial charge in [0.1, 0.15) is 18.0 Å². The highest BCUT2D eigenvalue weighted by molar-refractivity contribution is 7.92. The van der Waals surface area contributed by atoms with E-state index in [2.05, 4.69) is 4.98 Å². The summed E-state index contributed by atoms with van der Waals surface area (Å²) in [6, 6.07) is 16.3. The zero-order valence-electron chi connectivity index (χ0n) is 18.4. The standard InChI is InChI=1S/C24H23N3O5S/c1-17-7-6-14-27-15-19(25-23(17)27)16-32-24(28)18-10-12-20(13-11-18)33(29,30)26(2)21-8-4-5-9-22(21)31-3/h4-15H,16H2,1-3H3. The maximum Gasteiger partial charge on any atom is 0.338 e. The van der Waals surface area contributed by atoms with Crippen LogP contribution < -0.4 is 9.04 Å². The number of hydrogen-bond acceptors (Lipinski definition) is 6. The number of carbonyl (C=O) groups excluding carboxylic acids is 1. The molecule has 0 N–H and O–H groups in total. The maximum absolute atomic E-state index is 13.0. The van der Waals surface area contributed by atoms with Crippen molar-refractivity contribution in [3.8, 4) is 5.75 Å². The van der Waals surface area contributed by atoms with Gasteiger partial charge in [0.15, 0.2) is 0 Å². The lowest BCUT2D eigenvalue weighted by Gasteiger charge is -2.21. The van der Waals surface area contributed by atoms with Crippen molar-refractivity contribution in [1.29, 1.82) is 0 Å². The van der Waals surface area contributed by atoms with Gasteiger partial charge in [-0.15, -0.1) is 0 Å². The van der Waals surface area contributed by atoms with Gasteiger partial charge < -0.3 is 13.9 Å². The molecule has 0 saturated heterocycles. The predicted octanol–water partition coefficient (Wildman–Crippen LogP) is 3.83. The van der Waals surface area contributed by atoms with Crippen LogP contribution in [0.4, 0.5) is 5.69 Å². The first kappa shape index (κ1) is 22.3. The van der Waals surface area contributed by atoms with Crippen LogP contribution in [-0.2, 0) is 21.4 Å². The quantitative estimate of drug-likeness (QED) is 0.385. The molecule has 2 heterocycles. The lowest BCUT2D eigenvalue weighted by molar-refractivity contribution is 0.0468. The Kier molecular flexibility index (Phi) is 6.06. The number of rotatable bonds is 7. The number of fused-ring (bicyclic) bond motifs is 1. The van der Waals surface area contributed by atoms with Crippen LogP contribution in [-0.4, -0.2) is 37.9 Å². The van der Waals surface area contributed by atoms with Crippen LogP contribution in [0.1, 0.15) is 21.6 Å². The molecule has 170 valence electrons. The number of imidazole rings is 1. The van der Waals surface area contributed by atoms with Gasteiger partial charge in [-0.3, -0.25) is 4.31 Å². The van der Waals surface area contributed by atoms with Crippen molar-refractivity contribution in [1.82, 2.24) is 9.38 Å². The fraction of sp³-hybridized carbons (Fsp3) is 0.167. The van der Waals surface area contributed by atoms with Crippen LogP contribution in [0.25, 0.3) is 5.65 Å². The van der Waals surface area contributed by atoms with Crippen LogP contribution in [0.2, 0.25) is 0 Å². The fourth-order valence-electron chi connectivity index (χ4n) is 3.44. The number of pyridine rings is 1. The number of carbonyl (C=O) groups is 1. The molecule has 0 aliphatic rings. The number of hydrogen-bond donors (Lipinski definition) is 0. The number of methoxy groups -OCH3 is 1. The van der Waals surface area contributed by atoms with Crippen molar-refractivity contribution in [3.63, 3.8) is 0 Å². The summed E-state index contributed by atoms with van der Waals surface area (Å²) >= 11 is 0. The molecule has 33 heavy (non-hydrogen) atoms. The number of benzene rings is 2. The molecular weight excluding hydrogens is 442 g/mol. The van der Waals surface area contributed by atoms with E-state index in [1.807, 2.05) is 29.7 Å². The Bertz CT molecular complexity index is 1410. The number of anilines is 1. The number of ether oxygens (including phenoxy) is 2. The highest BCUT2D eigenvalue weighted by Crippen LogP contribution is 2.30. The Balaban J connectivity index is 1.47. The van der Waals surface area contributed by atoms with E-state index >= 15 is 0 Å². The molecule has 4 aromatic rings. The molecule has 2 aromatic heterocycles. The number of aryl methyl sites for hydroxylation is 1. The second-order valence-electron chi connectivity index (χ2n) is 7.40. The van der Waals surface area contributed by atoms with E-state index in [0.29, 0.717) is 17.1 Å². The average Bonchev–Trinajstić information content (AvgIpc) is 3.26. The average molecular weight is 466 g/mol. The van der Waals surface area contributed by atoms with Crippen LogP contribution in [0.5, 0.6) is 5.75 Å². The van der Waals surface area contributed by atoms with Crippen molar-refractivity contribution >= 4 is 27.3 Å². The number of aromatic nitrogens is 2. The zero-order chi connectivity index (χ0) is 23.6. The fourth-order valence-corrected chi connectivity index (χ4v) is 4.64. The van der Waals surface area contributed by atoms with Crippen LogP contribution in [0, 0.1) is 6.92 Å². The Morgan fingerprint density at radius 2 is 1.79 bits per heavy atom. The van der Waals surface area contributed by atoms with Crippen LogP contribution >= 0.6 is 0 Å². The van der Waals surface area contributed by atoms with Gasteiger partial charge in [-0.25, -0.2) is 18.2 Å². The van der Waals surface area contributed by atoms with Gasteiger partial charge in [-0.05, 0) is 55.0 Å². The van der Waals surface area contributed by atoms with Crippen molar-refractivity contribution in [3.05, 3.63) is 89.9 Å². The Morgan fingerprint density at radius 3 is 2.48 bits per heavy atom. The molecule has 0 amide bonds. The number of sulfonamides is 1. The van der Waals surface area contributed by atoms with Gasteiger partial charge in [-0.2, -0.15) is 0 Å². The van der Waals surface area contributed by atoms with Crippen LogP contribution in [0.3, 0.4) is 0 Å². The molecule has 8 nitrogen and oxygen atoms in total. The molecule has 0 unspecified atom stereocenters. The number of esters is 1. The SMILES string of the molecule is COc1ccccc1N(C)S(=O)(=O)c1ccc(C(=O)OCc2cn3cccc(C)c3n2)cc1. The Hall–Kier alpha value is -3.85. The smallest absolute Gasteiger partial charge is 0.338 e. The van der Waals surface area contributed by atoms with Gasteiger partial charge >= 0.3 is 5.97 Å². The molecule has 0 spiro atoms. The third kappa shape index (κ3) is 4.40. The van der Waals surface area contributed by atoms with Gasteiger partial charge in [0.05, 0.1) is 29.0 Å². The van der Waals surface area contributed by atoms with Crippen molar-refractivity contribution < 1.29 is 22.7 Å². The summed E-state index contributed by atoms with van der Waals surface area (Å²) in [7, 11) is -0.923. The molecule has 4 rings (SSSR count). The van der Waals surface area contributed by atoms with E-state index in [4.69, 9.17) is 9.47 Å². The molecule has 0 bridgehead atoms. The van der Waals surface area contributed by atoms with E-state index < -0.39 is 16.0 Å². The molecule has 0 aliphatic heterocycles. The van der Waals surface area contributed by atoms with Gasteiger partial charge in [-0.1, -0.05) is 18.2 Å². The van der Waals surface area contributed by atoms with Gasteiger partial charge in [0.25, 0.3) is 10.0 Å². The summed E-state index contributed by atoms with van der Waals surface area (Å²) in [6.45, 7) is 1.97. The summed E-state index contributed by atoms with van der Waals surface area (Å²) in [6.07, 6.45) is 3.68. The second-order valence-corrected chi connectivity index (χ2v) is 9.37. The van der Waals surface area contributed by atoms with E-state index in [1.165, 1.54) is 38.4 Å². The minimum Gasteiger partial charge on any atom is -0.495 e. The molecule has 0 fully saturated rings. The molecule has 2 aromatic carbocycles. The normalized spacial score (nSPS) is 11.4. The summed E-state index contributed by atoms with van der Waals surface area (Å²) in [5.74, 6) is -0.128. The maximum atomic E-state index is 13.0. The highest BCUT2D eigenvalue weighted by Gasteiger charge is 2.24. The second kappa shape index (κ2) is 8.95. The molecule has 0 saturated carbocycles. The first-order chi connectivity index (χ1) is 15.8. The highest BCUT2D eigenvalue weighted by atomic mass is 32.2. The van der Waals surface area contributed by atoms with Crippen molar-refractivity contribution in [2.45, 2.75) is 18.4 Å². The lowest BCUT2D eigenvalue weighted by Crippen LogP contribution is -2.27. The zero-order valence-corrected chi connectivity index (χ0v) is 19.2. The third-order valence-corrected chi connectivity index (χ3v) is 7.04. The third-order valence-electron chi connectivity index (χ3n) is 5.25. The van der Waals surface area contributed by atoms with E-state index in [-0.39, 0.29) is 17.1 Å². The first-order valence-corrected chi connectivity index (χ1v) is 11.6. The molecule has 0 radical (unpaired) electrons. The molecular formula is C24H23N3O5S. The summed E-state index contributed by atoms with van der Waals surface area (Å²) in [5.41, 5.74) is 3.09. The first-order valence-electron chi connectivity index (χ1n) is 10.1. The summed E-state index contributed by atoms with van der Waals surface area (Å²) in [5, 5.41) is 0. The molecule has 0 aliphatic carbocycles. The minimum absolute atomic E-state index is 0.0105. The monoisotopic (exact) mass is 465 g/mol. The predicted molar refractivity (Wildman–Crippen MR) is 124 cm³/mol. The van der Waals surface area contributed by atoms with E-state index in [1.54, 1.807) is 30.5 Å². The van der Waals surface area contributed by atoms with Crippen LogP contribution in [0.15, 0.2) is 78.0 Å². The molecule has 0 atom stereocenters. The van der Waals surface area contributed by atoms with E-state index in [9.17, 15) is 13.2 Å². The summed E-state index contributed by atoms with van der Waals surface area (Å²) < 4.78 is 39.7. The van der Waals surface area contributed by atoms with Crippen molar-refractivity contribution in [2.24, 2.45) is 0 Å². The topological polar surface area (TPSA) is 90.2 Å². The number of nitrogens with zero attached hydrogens (tertiary/aromatic N) is 3. The van der Waals surface area contributed by atoms with Gasteiger partial charge in [0, 0.05) is 19.4 Å². The number of para-hydroxylation sites is 2. The van der Waals surface area contributed by atoms with Gasteiger partial charge in [0.2, 0.25) is 0 Å². The minimum atomic E-state index is -3.85. The molecule has 9 heteroatoms. The summed E-state index contributed by atoms with van der Waals surface area (Å²) in [4.78, 5) is 17.0. The lowest BCUT2D eigenvalue weighted by atomic mass is 10.2. The Labute approximate surface area is 192 Å². The van der Waals surface area contributed by atoms with Crippen molar-refractivity contribution in [2.75, 3.05) is 18.5 Å².